The van der Waals surface area contributed by atoms with Crippen molar-refractivity contribution in [2.45, 2.75) is 17.5 Å². The Balaban J connectivity index is 2.67. The van der Waals surface area contributed by atoms with Gasteiger partial charge in [-0.2, -0.15) is 13.2 Å². The van der Waals surface area contributed by atoms with E-state index in [1.165, 1.54) is 0 Å². The SMILES string of the molecule is O=C(O)CC1=Cc2c(C(F)(F)F)cccc2S1(=O)=O. The molecule has 1 aromatic carbocycles. The minimum atomic E-state index is -4.70. The summed E-state index contributed by atoms with van der Waals surface area (Å²) in [4.78, 5) is 9.51. The standard InChI is InChI=1S/C11H7F3O4S/c12-11(13,14)8-2-1-3-9-7(8)4-6(5-10(15)16)19(9,17)18/h1-4H,5H2,(H,15,16). The van der Waals surface area contributed by atoms with Crippen LogP contribution in [0.4, 0.5) is 13.2 Å². The van der Waals surface area contributed by atoms with Crippen molar-refractivity contribution in [1.82, 2.24) is 0 Å². The molecule has 0 atom stereocenters. The van der Waals surface area contributed by atoms with E-state index in [1.807, 2.05) is 0 Å². The number of hydrogen-bond acceptors (Lipinski definition) is 3. The smallest absolute Gasteiger partial charge is 0.417 e. The van der Waals surface area contributed by atoms with Crippen LogP contribution < -0.4 is 0 Å². The molecule has 0 saturated carbocycles. The van der Waals surface area contributed by atoms with E-state index in [1.54, 1.807) is 0 Å². The Bertz CT molecular complexity index is 686. The largest absolute Gasteiger partial charge is 0.481 e. The van der Waals surface area contributed by atoms with E-state index in [4.69, 9.17) is 5.11 Å². The molecule has 0 amide bonds. The first kappa shape index (κ1) is 13.6. The Morgan fingerprint density at radius 2 is 1.89 bits per heavy atom. The van der Waals surface area contributed by atoms with Gasteiger partial charge in [0.25, 0.3) is 0 Å². The molecule has 0 saturated heterocycles. The zero-order chi connectivity index (χ0) is 14.4. The van der Waals surface area contributed by atoms with E-state index in [9.17, 15) is 26.4 Å². The normalized spacial score (nSPS) is 16.9. The molecule has 1 N–H and O–H groups in total. The molecule has 0 bridgehead atoms. The third-order valence-corrected chi connectivity index (χ3v) is 4.52. The van der Waals surface area contributed by atoms with Gasteiger partial charge in [-0.3, -0.25) is 4.79 Å². The predicted molar refractivity (Wildman–Crippen MR) is 58.9 cm³/mol. The van der Waals surface area contributed by atoms with Crippen molar-refractivity contribution < 1.29 is 31.5 Å². The Labute approximate surface area is 106 Å². The summed E-state index contributed by atoms with van der Waals surface area (Å²) in [6.45, 7) is 0. The van der Waals surface area contributed by atoms with Crippen LogP contribution in [-0.2, 0) is 20.8 Å². The van der Waals surface area contributed by atoms with Crippen LogP contribution in [0.15, 0.2) is 28.0 Å². The molecule has 1 aliphatic rings. The molecule has 0 fully saturated rings. The van der Waals surface area contributed by atoms with Gasteiger partial charge in [-0.1, -0.05) is 6.07 Å². The number of aliphatic carboxylic acids is 1. The molecule has 0 aliphatic carbocycles. The number of carboxylic acid groups (broad SMARTS) is 1. The molecule has 0 radical (unpaired) electrons. The average Bonchev–Trinajstić information content (AvgIpc) is 2.49. The van der Waals surface area contributed by atoms with Crippen LogP contribution >= 0.6 is 0 Å². The topological polar surface area (TPSA) is 71.4 Å². The summed E-state index contributed by atoms with van der Waals surface area (Å²) < 4.78 is 62.0. The van der Waals surface area contributed by atoms with Crippen LogP contribution in [0.1, 0.15) is 17.5 Å². The lowest BCUT2D eigenvalue weighted by Gasteiger charge is -2.10. The van der Waals surface area contributed by atoms with Crippen molar-refractivity contribution in [3.05, 3.63) is 34.2 Å². The van der Waals surface area contributed by atoms with Crippen molar-refractivity contribution in [3.8, 4) is 0 Å². The quantitative estimate of drug-likeness (QED) is 0.908. The monoisotopic (exact) mass is 292 g/mol. The van der Waals surface area contributed by atoms with E-state index in [0.29, 0.717) is 0 Å². The highest BCUT2D eigenvalue weighted by atomic mass is 32.2. The molecule has 102 valence electrons. The number of halogens is 3. The summed E-state index contributed by atoms with van der Waals surface area (Å²) in [5.74, 6) is -1.42. The van der Waals surface area contributed by atoms with E-state index in [2.05, 4.69) is 0 Å². The molecule has 1 heterocycles. The Morgan fingerprint density at radius 1 is 1.26 bits per heavy atom. The third kappa shape index (κ3) is 2.23. The van der Waals surface area contributed by atoms with Crippen LogP contribution in [0.5, 0.6) is 0 Å². The Morgan fingerprint density at radius 3 is 2.42 bits per heavy atom. The van der Waals surface area contributed by atoms with Crippen LogP contribution in [0.25, 0.3) is 6.08 Å². The highest BCUT2D eigenvalue weighted by Crippen LogP contribution is 2.41. The fraction of sp³-hybridized carbons (Fsp3) is 0.182. The van der Waals surface area contributed by atoms with Gasteiger partial charge >= 0.3 is 12.1 Å². The van der Waals surface area contributed by atoms with Gasteiger partial charge in [0.1, 0.15) is 0 Å². The van der Waals surface area contributed by atoms with Gasteiger partial charge in [-0.15, -0.1) is 0 Å². The van der Waals surface area contributed by atoms with E-state index < -0.39 is 49.3 Å². The molecule has 1 aromatic rings. The maximum atomic E-state index is 12.7. The van der Waals surface area contributed by atoms with Gasteiger partial charge < -0.3 is 5.11 Å². The van der Waals surface area contributed by atoms with Crippen molar-refractivity contribution in [2.24, 2.45) is 0 Å². The second-order valence-electron chi connectivity index (χ2n) is 3.90. The third-order valence-electron chi connectivity index (χ3n) is 2.64. The van der Waals surface area contributed by atoms with E-state index >= 15 is 0 Å². The number of rotatable bonds is 2. The van der Waals surface area contributed by atoms with Crippen LogP contribution in [-0.4, -0.2) is 19.5 Å². The van der Waals surface area contributed by atoms with Gasteiger partial charge in [0, 0.05) is 5.56 Å². The molecule has 0 spiro atoms. The summed E-state index contributed by atoms with van der Waals surface area (Å²) >= 11 is 0. The van der Waals surface area contributed by atoms with Gasteiger partial charge in [-0.05, 0) is 18.2 Å². The van der Waals surface area contributed by atoms with Crippen LogP contribution in [0.2, 0.25) is 0 Å². The molecule has 1 aliphatic heterocycles. The van der Waals surface area contributed by atoms with Gasteiger partial charge in [0.2, 0.25) is 9.84 Å². The Kier molecular flexibility index (Phi) is 2.93. The molecule has 0 unspecified atom stereocenters. The summed E-state index contributed by atoms with van der Waals surface area (Å²) in [7, 11) is -4.14. The van der Waals surface area contributed by atoms with Crippen molar-refractivity contribution in [3.63, 3.8) is 0 Å². The number of benzene rings is 1. The second kappa shape index (κ2) is 4.09. The van der Waals surface area contributed by atoms with E-state index in [-0.39, 0.29) is 0 Å². The molecule has 0 aromatic heterocycles. The fourth-order valence-electron chi connectivity index (χ4n) is 1.85. The molecule has 2 rings (SSSR count). The number of carbonyl (C=O) groups is 1. The van der Waals surface area contributed by atoms with Gasteiger partial charge in [-0.25, -0.2) is 8.42 Å². The number of hydrogen-bond donors (Lipinski definition) is 1. The lowest BCUT2D eigenvalue weighted by Crippen LogP contribution is -2.09. The highest BCUT2D eigenvalue weighted by molar-refractivity contribution is 7.95. The van der Waals surface area contributed by atoms with Crippen molar-refractivity contribution in [1.29, 1.82) is 0 Å². The first-order valence-corrected chi connectivity index (χ1v) is 6.50. The zero-order valence-electron chi connectivity index (χ0n) is 9.23. The van der Waals surface area contributed by atoms with Gasteiger partial charge in [0.15, 0.2) is 0 Å². The van der Waals surface area contributed by atoms with E-state index in [0.717, 1.165) is 24.3 Å². The minimum Gasteiger partial charge on any atom is -0.481 e. The molecule has 8 heteroatoms. The van der Waals surface area contributed by atoms with Crippen LogP contribution in [0.3, 0.4) is 0 Å². The number of alkyl halides is 3. The Hall–Kier alpha value is -1.83. The molecular formula is C11H7F3O4S. The predicted octanol–water partition coefficient (Wildman–Crippen LogP) is 2.31. The summed E-state index contributed by atoms with van der Waals surface area (Å²) in [6, 6.07) is 2.77. The average molecular weight is 292 g/mol. The maximum absolute atomic E-state index is 12.7. The lowest BCUT2D eigenvalue weighted by molar-refractivity contribution is -0.138. The molecular weight excluding hydrogens is 285 g/mol. The maximum Gasteiger partial charge on any atom is 0.417 e. The van der Waals surface area contributed by atoms with Crippen molar-refractivity contribution >= 4 is 21.9 Å². The first-order chi connectivity index (χ1) is 8.64. The number of sulfone groups is 1. The zero-order valence-corrected chi connectivity index (χ0v) is 10.0. The lowest BCUT2D eigenvalue weighted by atomic mass is 10.1. The number of carboxylic acids is 1. The molecule has 4 nitrogen and oxygen atoms in total. The van der Waals surface area contributed by atoms with Gasteiger partial charge in [0.05, 0.1) is 21.8 Å². The van der Waals surface area contributed by atoms with Crippen LogP contribution in [0, 0.1) is 0 Å². The van der Waals surface area contributed by atoms with Crippen molar-refractivity contribution in [2.75, 3.05) is 0 Å². The summed E-state index contributed by atoms with van der Waals surface area (Å²) in [5.41, 5.74) is -1.58. The first-order valence-electron chi connectivity index (χ1n) is 5.01. The second-order valence-corrected chi connectivity index (χ2v) is 5.87. The molecule has 19 heavy (non-hydrogen) atoms. The minimum absolute atomic E-state index is 0.494. The number of fused-ring (bicyclic) bond motifs is 1. The summed E-state index contributed by atoms with van der Waals surface area (Å²) in [6.07, 6.45) is -4.76. The highest BCUT2D eigenvalue weighted by Gasteiger charge is 2.39. The fourth-order valence-corrected chi connectivity index (χ4v) is 3.43. The summed E-state index contributed by atoms with van der Waals surface area (Å²) in [5, 5.41) is 8.59.